The average molecular weight is 518 g/mol. The van der Waals surface area contributed by atoms with Crippen LogP contribution in [0.2, 0.25) is 0 Å². The molecule has 0 spiro atoms. The van der Waals surface area contributed by atoms with Gasteiger partial charge in [-0.1, -0.05) is 25.1 Å². The Hall–Kier alpha value is -1.17. The molecule has 27 heavy (non-hydrogen) atoms. The third kappa shape index (κ3) is 12.0. The molecule has 0 aliphatic carbocycles. The van der Waals surface area contributed by atoms with Gasteiger partial charge in [0, 0.05) is 30.3 Å². The van der Waals surface area contributed by atoms with Gasteiger partial charge in [-0.05, 0) is 19.1 Å². The van der Waals surface area contributed by atoms with Gasteiger partial charge in [0.25, 0.3) is 0 Å². The molecule has 1 aromatic carbocycles. The summed E-state index contributed by atoms with van der Waals surface area (Å²) in [6.45, 7) is 3.47. The van der Waals surface area contributed by atoms with Crippen molar-refractivity contribution in [3.63, 3.8) is 0 Å². The molecule has 5 nitrogen and oxygen atoms in total. The zero-order valence-corrected chi connectivity index (χ0v) is 18.7. The second kappa shape index (κ2) is 13.1. The number of alkyl halides is 3. The molecule has 0 aromatic heterocycles. The van der Waals surface area contributed by atoms with E-state index in [1.165, 1.54) is 0 Å². The Morgan fingerprint density at radius 2 is 1.89 bits per heavy atom. The molecule has 10 heteroatoms. The Morgan fingerprint density at radius 1 is 1.26 bits per heavy atom. The monoisotopic (exact) mass is 518 g/mol. The molecule has 1 rings (SSSR count). The maximum Gasteiger partial charge on any atom is 0.406 e. The summed E-state index contributed by atoms with van der Waals surface area (Å²) in [5, 5.41) is 6.33. The molecule has 1 unspecified atom stereocenters. The Balaban J connectivity index is 0.00000676. The first kappa shape index (κ1) is 25.8. The molecule has 1 aromatic rings. The lowest BCUT2D eigenvalue weighted by molar-refractivity contribution is -0.157. The summed E-state index contributed by atoms with van der Waals surface area (Å²) < 4.78 is 37.0. The highest BCUT2D eigenvalue weighted by Gasteiger charge is 2.31. The minimum atomic E-state index is -4.42. The van der Waals surface area contributed by atoms with Crippen molar-refractivity contribution in [3.8, 4) is 0 Å². The standard InChI is InChI=1S/C17H25F3N4OS.HI/c1-4-21-16(23-11-15(25)24(3)12-17(18,19)20)22-10-13(2)26-14-8-6-5-7-9-14;/h5-9,13H,4,10-12H2,1-3H3,(H2,21,22,23);1H. The minimum Gasteiger partial charge on any atom is -0.357 e. The molecule has 154 valence electrons. The minimum absolute atomic E-state index is 0. The molecule has 0 heterocycles. The number of likely N-dealkylation sites (N-methyl/N-ethyl adjacent to an activating group) is 1. The van der Waals surface area contributed by atoms with Crippen LogP contribution in [0.15, 0.2) is 40.2 Å². The van der Waals surface area contributed by atoms with Crippen LogP contribution in [0.5, 0.6) is 0 Å². The SMILES string of the molecule is CCNC(=NCC(=O)N(C)CC(F)(F)F)NCC(C)Sc1ccccc1.I. The second-order valence-corrected chi connectivity index (χ2v) is 7.19. The summed E-state index contributed by atoms with van der Waals surface area (Å²) in [6, 6.07) is 9.94. The number of rotatable bonds is 8. The fourth-order valence-corrected chi connectivity index (χ4v) is 2.93. The van der Waals surface area contributed by atoms with Crippen LogP contribution < -0.4 is 10.6 Å². The van der Waals surface area contributed by atoms with E-state index in [9.17, 15) is 18.0 Å². The largest absolute Gasteiger partial charge is 0.406 e. The lowest BCUT2D eigenvalue weighted by atomic mass is 10.4. The van der Waals surface area contributed by atoms with Crippen LogP contribution in [0, 0.1) is 0 Å². The number of thioether (sulfide) groups is 1. The van der Waals surface area contributed by atoms with Crippen molar-refractivity contribution in [1.82, 2.24) is 15.5 Å². The van der Waals surface area contributed by atoms with Crippen molar-refractivity contribution in [2.45, 2.75) is 30.2 Å². The van der Waals surface area contributed by atoms with Gasteiger partial charge in [-0.3, -0.25) is 4.79 Å². The average Bonchev–Trinajstić information content (AvgIpc) is 2.56. The topological polar surface area (TPSA) is 56.7 Å². The predicted molar refractivity (Wildman–Crippen MR) is 115 cm³/mol. The van der Waals surface area contributed by atoms with Crippen LogP contribution in [-0.2, 0) is 4.79 Å². The fourth-order valence-electron chi connectivity index (χ4n) is 1.98. The molecule has 0 fully saturated rings. The molecule has 2 N–H and O–H groups in total. The van der Waals surface area contributed by atoms with Crippen molar-refractivity contribution in [2.24, 2.45) is 4.99 Å². The smallest absolute Gasteiger partial charge is 0.357 e. The van der Waals surface area contributed by atoms with Crippen molar-refractivity contribution in [3.05, 3.63) is 30.3 Å². The normalized spacial score (nSPS) is 12.7. The Kier molecular flexibility index (Phi) is 12.5. The third-order valence-electron chi connectivity index (χ3n) is 3.20. The lowest BCUT2D eigenvalue weighted by Gasteiger charge is -2.19. The number of carbonyl (C=O) groups is 1. The Bertz CT molecular complexity index is 587. The Morgan fingerprint density at radius 3 is 2.44 bits per heavy atom. The molecular formula is C17H26F3IN4OS. The van der Waals surface area contributed by atoms with Gasteiger partial charge in [0.1, 0.15) is 13.1 Å². The number of nitrogens with one attached hydrogen (secondary N) is 2. The number of halogens is 4. The molecule has 0 aliphatic rings. The molecule has 1 atom stereocenters. The summed E-state index contributed by atoms with van der Waals surface area (Å²) in [5.41, 5.74) is 0. The first-order chi connectivity index (χ1) is 12.2. The predicted octanol–water partition coefficient (Wildman–Crippen LogP) is 3.36. The fraction of sp³-hybridized carbons (Fsp3) is 0.529. The maximum atomic E-state index is 12.3. The van der Waals surface area contributed by atoms with Crippen LogP contribution in [0.25, 0.3) is 0 Å². The zero-order valence-electron chi connectivity index (χ0n) is 15.5. The summed E-state index contributed by atoms with van der Waals surface area (Å²) in [6.07, 6.45) is -4.42. The van der Waals surface area contributed by atoms with Crippen molar-refractivity contribution >= 4 is 47.6 Å². The van der Waals surface area contributed by atoms with Crippen LogP contribution >= 0.6 is 35.7 Å². The molecule has 0 radical (unpaired) electrons. The maximum absolute atomic E-state index is 12.3. The van der Waals surface area contributed by atoms with Gasteiger partial charge in [-0.15, -0.1) is 35.7 Å². The van der Waals surface area contributed by atoms with Crippen molar-refractivity contribution in [1.29, 1.82) is 0 Å². The number of nitrogens with zero attached hydrogens (tertiary/aromatic N) is 2. The summed E-state index contributed by atoms with van der Waals surface area (Å²) >= 11 is 1.69. The summed E-state index contributed by atoms with van der Waals surface area (Å²) in [5.74, 6) is -0.284. The molecular weight excluding hydrogens is 492 g/mol. The molecule has 0 aliphatic heterocycles. The number of guanidine groups is 1. The molecule has 1 amide bonds. The lowest BCUT2D eigenvalue weighted by Crippen LogP contribution is -2.41. The van der Waals surface area contributed by atoms with Gasteiger partial charge in [0.15, 0.2) is 5.96 Å². The van der Waals surface area contributed by atoms with E-state index >= 15 is 0 Å². The second-order valence-electron chi connectivity index (χ2n) is 5.68. The number of hydrogen-bond acceptors (Lipinski definition) is 3. The van der Waals surface area contributed by atoms with E-state index in [-0.39, 0.29) is 35.8 Å². The first-order valence-corrected chi connectivity index (χ1v) is 9.14. The van der Waals surface area contributed by atoms with Crippen molar-refractivity contribution in [2.75, 3.05) is 33.2 Å². The highest BCUT2D eigenvalue weighted by Crippen LogP contribution is 2.21. The van der Waals surface area contributed by atoms with E-state index in [2.05, 4.69) is 22.5 Å². The molecule has 0 saturated heterocycles. The number of benzene rings is 1. The number of amides is 1. The molecule has 0 saturated carbocycles. The highest BCUT2D eigenvalue weighted by atomic mass is 127. The Labute approximate surface area is 179 Å². The van der Waals surface area contributed by atoms with E-state index in [1.807, 2.05) is 37.3 Å². The van der Waals surface area contributed by atoms with Gasteiger partial charge < -0.3 is 15.5 Å². The number of aliphatic imine (C=N–C) groups is 1. The van der Waals surface area contributed by atoms with E-state index in [0.717, 1.165) is 11.9 Å². The number of hydrogen-bond donors (Lipinski definition) is 2. The summed E-state index contributed by atoms with van der Waals surface area (Å²) in [4.78, 5) is 17.6. The van der Waals surface area contributed by atoms with Crippen LogP contribution in [-0.4, -0.2) is 61.4 Å². The summed E-state index contributed by atoms with van der Waals surface area (Å²) in [7, 11) is 1.12. The van der Waals surface area contributed by atoms with E-state index < -0.39 is 18.6 Å². The first-order valence-electron chi connectivity index (χ1n) is 8.26. The van der Waals surface area contributed by atoms with Crippen LogP contribution in [0.1, 0.15) is 13.8 Å². The number of carbonyl (C=O) groups excluding carboxylic acids is 1. The van der Waals surface area contributed by atoms with Gasteiger partial charge in [-0.25, -0.2) is 4.99 Å². The zero-order chi connectivity index (χ0) is 19.6. The van der Waals surface area contributed by atoms with E-state index in [1.54, 1.807) is 11.8 Å². The van der Waals surface area contributed by atoms with Crippen LogP contribution in [0.4, 0.5) is 13.2 Å². The van der Waals surface area contributed by atoms with Gasteiger partial charge in [0.05, 0.1) is 0 Å². The highest BCUT2D eigenvalue weighted by molar-refractivity contribution is 14.0. The third-order valence-corrected chi connectivity index (χ3v) is 4.31. The van der Waals surface area contributed by atoms with Gasteiger partial charge in [0.2, 0.25) is 5.91 Å². The van der Waals surface area contributed by atoms with E-state index in [4.69, 9.17) is 0 Å². The molecule has 0 bridgehead atoms. The van der Waals surface area contributed by atoms with E-state index in [0.29, 0.717) is 23.9 Å². The van der Waals surface area contributed by atoms with Gasteiger partial charge >= 0.3 is 6.18 Å². The van der Waals surface area contributed by atoms with Crippen LogP contribution in [0.3, 0.4) is 0 Å². The quantitative estimate of drug-likeness (QED) is 0.240. The van der Waals surface area contributed by atoms with Crippen molar-refractivity contribution < 1.29 is 18.0 Å². The van der Waals surface area contributed by atoms with Gasteiger partial charge in [-0.2, -0.15) is 13.2 Å².